The van der Waals surface area contributed by atoms with Gasteiger partial charge in [0.25, 0.3) is 0 Å². The van der Waals surface area contributed by atoms with Crippen molar-refractivity contribution in [2.75, 3.05) is 0 Å². The van der Waals surface area contributed by atoms with Crippen LogP contribution in [-0.4, -0.2) is 15.6 Å². The number of ketones is 1. The second kappa shape index (κ2) is 4.40. The van der Waals surface area contributed by atoms with Crippen molar-refractivity contribution < 1.29 is 4.79 Å². The van der Waals surface area contributed by atoms with Crippen LogP contribution in [-0.2, 0) is 6.54 Å². The van der Waals surface area contributed by atoms with Gasteiger partial charge in [0.15, 0.2) is 5.78 Å². The van der Waals surface area contributed by atoms with Gasteiger partial charge in [-0.2, -0.15) is 5.10 Å². The number of aromatic nitrogens is 2. The van der Waals surface area contributed by atoms with E-state index in [1.807, 2.05) is 17.8 Å². The van der Waals surface area contributed by atoms with Gasteiger partial charge in [0.05, 0.1) is 11.8 Å². The lowest BCUT2D eigenvalue weighted by atomic mass is 9.77. The summed E-state index contributed by atoms with van der Waals surface area (Å²) in [6, 6.07) is 0. The third-order valence-corrected chi connectivity index (χ3v) is 3.94. The average molecular weight is 220 g/mol. The SMILES string of the molecule is CCn1cc(C(=O)C2(CC)CCCC2)cn1. The first-order valence-corrected chi connectivity index (χ1v) is 6.29. The van der Waals surface area contributed by atoms with Crippen molar-refractivity contribution in [3.8, 4) is 0 Å². The highest BCUT2D eigenvalue weighted by molar-refractivity contribution is 6.00. The van der Waals surface area contributed by atoms with Crippen molar-refractivity contribution in [1.29, 1.82) is 0 Å². The Kier molecular flexibility index (Phi) is 3.13. The fourth-order valence-corrected chi connectivity index (χ4v) is 2.75. The van der Waals surface area contributed by atoms with Crippen molar-refractivity contribution in [1.82, 2.24) is 9.78 Å². The predicted molar refractivity (Wildman–Crippen MR) is 63.4 cm³/mol. The molecular weight excluding hydrogens is 200 g/mol. The first-order chi connectivity index (χ1) is 7.72. The number of hydrogen-bond donors (Lipinski definition) is 0. The number of Topliss-reactive ketones (excluding diaryl/α,β-unsaturated/α-hetero) is 1. The molecule has 0 bridgehead atoms. The second-order valence-electron chi connectivity index (χ2n) is 4.75. The Labute approximate surface area is 96.8 Å². The zero-order valence-electron chi connectivity index (χ0n) is 10.2. The van der Waals surface area contributed by atoms with Crippen LogP contribution in [0.15, 0.2) is 12.4 Å². The van der Waals surface area contributed by atoms with Crippen molar-refractivity contribution in [3.63, 3.8) is 0 Å². The molecular formula is C13H20N2O. The molecule has 0 unspecified atom stereocenters. The summed E-state index contributed by atoms with van der Waals surface area (Å²) in [6.07, 6.45) is 9.07. The molecule has 1 aromatic heterocycles. The van der Waals surface area contributed by atoms with Crippen LogP contribution in [0.1, 0.15) is 56.3 Å². The molecule has 88 valence electrons. The molecule has 1 saturated carbocycles. The summed E-state index contributed by atoms with van der Waals surface area (Å²) in [7, 11) is 0. The Morgan fingerprint density at radius 3 is 2.62 bits per heavy atom. The van der Waals surface area contributed by atoms with Crippen molar-refractivity contribution in [2.24, 2.45) is 5.41 Å². The summed E-state index contributed by atoms with van der Waals surface area (Å²) in [6.45, 7) is 4.99. The van der Waals surface area contributed by atoms with E-state index in [-0.39, 0.29) is 5.41 Å². The van der Waals surface area contributed by atoms with Gasteiger partial charge in [0.2, 0.25) is 0 Å². The maximum Gasteiger partial charge on any atom is 0.172 e. The molecule has 16 heavy (non-hydrogen) atoms. The maximum absolute atomic E-state index is 12.5. The Morgan fingerprint density at radius 1 is 1.44 bits per heavy atom. The summed E-state index contributed by atoms with van der Waals surface area (Å²) in [5.41, 5.74) is 0.715. The van der Waals surface area contributed by atoms with E-state index in [1.165, 1.54) is 12.8 Å². The minimum atomic E-state index is -0.0817. The molecule has 0 atom stereocenters. The van der Waals surface area contributed by atoms with Crippen LogP contribution in [0.4, 0.5) is 0 Å². The van der Waals surface area contributed by atoms with Crippen LogP contribution in [0.25, 0.3) is 0 Å². The van der Waals surface area contributed by atoms with E-state index in [4.69, 9.17) is 0 Å². The van der Waals surface area contributed by atoms with E-state index in [9.17, 15) is 4.79 Å². The van der Waals surface area contributed by atoms with Gasteiger partial charge in [0.1, 0.15) is 0 Å². The normalized spacial score (nSPS) is 18.9. The van der Waals surface area contributed by atoms with Crippen molar-refractivity contribution in [2.45, 2.75) is 52.5 Å². The van der Waals surface area contributed by atoms with Gasteiger partial charge in [-0.05, 0) is 26.2 Å². The fraction of sp³-hybridized carbons (Fsp3) is 0.692. The molecule has 0 N–H and O–H groups in total. The smallest absolute Gasteiger partial charge is 0.172 e. The van der Waals surface area contributed by atoms with Crippen LogP contribution in [0.2, 0.25) is 0 Å². The first kappa shape index (κ1) is 11.4. The van der Waals surface area contributed by atoms with Gasteiger partial charge in [-0.15, -0.1) is 0 Å². The summed E-state index contributed by atoms with van der Waals surface area (Å²) in [5.74, 6) is 0.312. The number of carbonyl (C=O) groups excluding carboxylic acids is 1. The Balaban J connectivity index is 2.23. The Morgan fingerprint density at radius 2 is 2.12 bits per heavy atom. The summed E-state index contributed by atoms with van der Waals surface area (Å²) >= 11 is 0. The Bertz CT molecular complexity index is 375. The zero-order chi connectivity index (χ0) is 11.6. The van der Waals surface area contributed by atoms with E-state index in [0.717, 1.165) is 31.4 Å². The Hall–Kier alpha value is -1.12. The molecule has 1 aromatic rings. The third kappa shape index (κ3) is 1.79. The van der Waals surface area contributed by atoms with Crippen molar-refractivity contribution in [3.05, 3.63) is 18.0 Å². The topological polar surface area (TPSA) is 34.9 Å². The molecule has 3 heteroatoms. The standard InChI is InChI=1S/C13H20N2O/c1-3-13(7-5-6-8-13)12(16)11-9-14-15(4-2)10-11/h9-10H,3-8H2,1-2H3. The van der Waals surface area contributed by atoms with E-state index < -0.39 is 0 Å². The quantitative estimate of drug-likeness (QED) is 0.731. The zero-order valence-corrected chi connectivity index (χ0v) is 10.2. The molecule has 1 fully saturated rings. The largest absolute Gasteiger partial charge is 0.293 e. The van der Waals surface area contributed by atoms with Gasteiger partial charge in [-0.3, -0.25) is 9.48 Å². The van der Waals surface area contributed by atoms with Crippen LogP contribution in [0.5, 0.6) is 0 Å². The third-order valence-electron chi connectivity index (χ3n) is 3.94. The highest BCUT2D eigenvalue weighted by Crippen LogP contribution is 2.43. The molecule has 0 aromatic carbocycles. The van der Waals surface area contributed by atoms with E-state index >= 15 is 0 Å². The fourth-order valence-electron chi connectivity index (χ4n) is 2.75. The molecule has 1 aliphatic carbocycles. The molecule has 0 aliphatic heterocycles. The summed E-state index contributed by atoms with van der Waals surface area (Å²) < 4.78 is 1.82. The molecule has 3 nitrogen and oxygen atoms in total. The lowest BCUT2D eigenvalue weighted by molar-refractivity contribution is 0.0791. The molecule has 0 radical (unpaired) electrons. The molecule has 2 rings (SSSR count). The number of carbonyl (C=O) groups is 1. The maximum atomic E-state index is 12.5. The first-order valence-electron chi connectivity index (χ1n) is 6.29. The predicted octanol–water partition coefficient (Wildman–Crippen LogP) is 3.06. The summed E-state index contributed by atoms with van der Waals surface area (Å²) in [5, 5.41) is 4.19. The van der Waals surface area contributed by atoms with E-state index in [2.05, 4.69) is 12.0 Å². The molecule has 1 aliphatic rings. The number of aryl methyl sites for hydroxylation is 1. The van der Waals surface area contributed by atoms with Crippen LogP contribution in [0, 0.1) is 5.41 Å². The minimum Gasteiger partial charge on any atom is -0.293 e. The van der Waals surface area contributed by atoms with Gasteiger partial charge in [0, 0.05) is 18.2 Å². The number of rotatable bonds is 4. The van der Waals surface area contributed by atoms with Gasteiger partial charge in [-0.1, -0.05) is 19.8 Å². The van der Waals surface area contributed by atoms with Gasteiger partial charge >= 0.3 is 0 Å². The van der Waals surface area contributed by atoms with Gasteiger partial charge in [-0.25, -0.2) is 0 Å². The highest BCUT2D eigenvalue weighted by Gasteiger charge is 2.39. The number of hydrogen-bond acceptors (Lipinski definition) is 2. The monoisotopic (exact) mass is 220 g/mol. The molecule has 1 heterocycles. The van der Waals surface area contributed by atoms with Crippen LogP contribution >= 0.6 is 0 Å². The number of nitrogens with zero attached hydrogens (tertiary/aromatic N) is 2. The molecule has 0 amide bonds. The van der Waals surface area contributed by atoms with E-state index in [0.29, 0.717) is 5.78 Å². The van der Waals surface area contributed by atoms with Crippen LogP contribution in [0.3, 0.4) is 0 Å². The van der Waals surface area contributed by atoms with Crippen LogP contribution < -0.4 is 0 Å². The molecule has 0 saturated heterocycles. The second-order valence-corrected chi connectivity index (χ2v) is 4.75. The minimum absolute atomic E-state index is 0.0817. The van der Waals surface area contributed by atoms with E-state index in [1.54, 1.807) is 6.20 Å². The summed E-state index contributed by atoms with van der Waals surface area (Å²) in [4.78, 5) is 12.5. The lowest BCUT2D eigenvalue weighted by Crippen LogP contribution is -2.27. The van der Waals surface area contributed by atoms with Gasteiger partial charge < -0.3 is 0 Å². The average Bonchev–Trinajstić information content (AvgIpc) is 2.98. The highest BCUT2D eigenvalue weighted by atomic mass is 16.1. The van der Waals surface area contributed by atoms with Crippen molar-refractivity contribution >= 4 is 5.78 Å². The molecule has 0 spiro atoms. The lowest BCUT2D eigenvalue weighted by Gasteiger charge is -2.24.